The van der Waals surface area contributed by atoms with Crippen LogP contribution in [0.3, 0.4) is 0 Å². The zero-order chi connectivity index (χ0) is 20.5. The monoisotopic (exact) mass is 383 g/mol. The molecule has 2 aliphatic rings. The van der Waals surface area contributed by atoms with Crippen LogP contribution >= 0.6 is 0 Å². The molecule has 0 aromatic carbocycles. The Balaban J connectivity index is 1.79. The highest BCUT2D eigenvalue weighted by Gasteiger charge is 2.44. The summed E-state index contributed by atoms with van der Waals surface area (Å²) in [7, 11) is 0. The minimum Gasteiger partial charge on any atom is -0.407 e. The Labute approximate surface area is 168 Å². The summed E-state index contributed by atoms with van der Waals surface area (Å²) in [6.07, 6.45) is 7.26. The summed E-state index contributed by atoms with van der Waals surface area (Å²) in [6, 6.07) is 3.75. The fourth-order valence-corrected chi connectivity index (χ4v) is 4.89. The Bertz CT molecular complexity index is 812. The first-order valence-corrected chi connectivity index (χ1v) is 10.3. The van der Waals surface area contributed by atoms with Gasteiger partial charge in [0.2, 0.25) is 5.88 Å². The summed E-state index contributed by atoms with van der Waals surface area (Å²) >= 11 is 0. The largest absolute Gasteiger partial charge is 0.407 e. The summed E-state index contributed by atoms with van der Waals surface area (Å²) in [4.78, 5) is 17.0. The molecule has 0 saturated heterocycles. The fourth-order valence-electron chi connectivity index (χ4n) is 4.89. The van der Waals surface area contributed by atoms with Gasteiger partial charge < -0.3 is 16.2 Å². The molecule has 1 aromatic heterocycles. The molecular formula is C23H33N3O2. The number of hydrogen-bond acceptors (Lipinski definition) is 5. The first-order chi connectivity index (χ1) is 13.3. The van der Waals surface area contributed by atoms with Crippen molar-refractivity contribution in [3.05, 3.63) is 46.7 Å². The third kappa shape index (κ3) is 4.06. The number of carbonyl (C=O) groups excluding carboxylic acids is 1. The smallest absolute Gasteiger partial charge is 0.312 e. The summed E-state index contributed by atoms with van der Waals surface area (Å²) in [5.74, 6) is 0.993. The third-order valence-electron chi connectivity index (χ3n) is 5.92. The molecule has 0 spiro atoms. The average Bonchev–Trinajstić information content (AvgIpc) is 2.59. The van der Waals surface area contributed by atoms with Gasteiger partial charge in [-0.25, -0.2) is 4.98 Å². The van der Waals surface area contributed by atoms with Crippen molar-refractivity contribution >= 4 is 5.97 Å². The van der Waals surface area contributed by atoms with E-state index in [2.05, 4.69) is 44.8 Å². The normalized spacial score (nSPS) is 26.0. The van der Waals surface area contributed by atoms with Gasteiger partial charge in [0, 0.05) is 18.4 Å². The number of fused-ring (bicyclic) bond motifs is 4. The van der Waals surface area contributed by atoms with E-state index in [1.54, 1.807) is 6.07 Å². The number of allylic oxidation sites excluding steroid dienone is 2. The van der Waals surface area contributed by atoms with E-state index in [1.165, 1.54) is 11.1 Å². The maximum Gasteiger partial charge on any atom is 0.312 e. The molecule has 0 saturated carbocycles. The number of nitrogens with zero attached hydrogens (tertiary/aromatic N) is 1. The maximum atomic E-state index is 12.4. The highest BCUT2D eigenvalue weighted by molar-refractivity contribution is 5.72. The van der Waals surface area contributed by atoms with Crippen LogP contribution in [0.1, 0.15) is 58.2 Å². The minimum atomic E-state index is -0.511. The second-order valence-corrected chi connectivity index (χ2v) is 8.77. The zero-order valence-corrected chi connectivity index (χ0v) is 17.5. The van der Waals surface area contributed by atoms with Crippen LogP contribution in [0.25, 0.3) is 0 Å². The molecule has 5 nitrogen and oxygen atoms in total. The lowest BCUT2D eigenvalue weighted by molar-refractivity contribution is -0.135. The zero-order valence-electron chi connectivity index (χ0n) is 17.5. The molecule has 3 atom stereocenters. The van der Waals surface area contributed by atoms with Crippen LogP contribution in [0.4, 0.5) is 0 Å². The Morgan fingerprint density at radius 1 is 1.43 bits per heavy atom. The van der Waals surface area contributed by atoms with Gasteiger partial charge in [-0.3, -0.25) is 4.79 Å². The quantitative estimate of drug-likeness (QED) is 0.578. The molecular weight excluding hydrogens is 350 g/mol. The molecule has 28 heavy (non-hydrogen) atoms. The number of ether oxygens (including phenoxy) is 1. The van der Waals surface area contributed by atoms with E-state index >= 15 is 0 Å². The number of pyridine rings is 1. The lowest BCUT2D eigenvalue weighted by Gasteiger charge is -2.45. The maximum absolute atomic E-state index is 12.4. The van der Waals surface area contributed by atoms with Gasteiger partial charge in [-0.05, 0) is 62.3 Å². The van der Waals surface area contributed by atoms with E-state index in [4.69, 9.17) is 16.2 Å². The summed E-state index contributed by atoms with van der Waals surface area (Å²) < 4.78 is 5.55. The van der Waals surface area contributed by atoms with Crippen molar-refractivity contribution in [2.45, 2.75) is 58.9 Å². The molecule has 1 aromatic rings. The molecule has 2 unspecified atom stereocenters. The molecule has 0 radical (unpaired) electrons. The first kappa shape index (κ1) is 20.7. The van der Waals surface area contributed by atoms with Crippen LogP contribution < -0.4 is 16.2 Å². The van der Waals surface area contributed by atoms with Gasteiger partial charge in [0.25, 0.3) is 0 Å². The standard InChI is InChI=1S/C23H33N3O2/c1-5-18-17-9-15(4)12-23(18,25)19-6-7-21(26-20(19)11-17)28-22(27)10-16(13-24)8-14(2)3/h5-7,9,14,16-17H,8,10-13,24-25H2,1-4H3/t16-,17?,23?/m0/s1. The molecule has 0 aliphatic heterocycles. The summed E-state index contributed by atoms with van der Waals surface area (Å²) in [5.41, 5.74) is 16.7. The molecule has 3 rings (SSSR count). The molecule has 2 bridgehead atoms. The van der Waals surface area contributed by atoms with E-state index in [0.717, 1.165) is 30.5 Å². The highest BCUT2D eigenvalue weighted by atomic mass is 16.5. The van der Waals surface area contributed by atoms with Crippen molar-refractivity contribution in [1.82, 2.24) is 4.98 Å². The van der Waals surface area contributed by atoms with Crippen molar-refractivity contribution in [1.29, 1.82) is 0 Å². The second kappa shape index (κ2) is 8.18. The van der Waals surface area contributed by atoms with Crippen LogP contribution in [-0.2, 0) is 16.8 Å². The van der Waals surface area contributed by atoms with Crippen LogP contribution in [0, 0.1) is 17.8 Å². The van der Waals surface area contributed by atoms with E-state index in [0.29, 0.717) is 24.8 Å². The lowest BCUT2D eigenvalue weighted by atomic mass is 9.63. The van der Waals surface area contributed by atoms with Crippen LogP contribution in [0.5, 0.6) is 5.88 Å². The number of hydrogen-bond donors (Lipinski definition) is 2. The molecule has 0 amide bonds. The van der Waals surface area contributed by atoms with Crippen LogP contribution in [0.15, 0.2) is 35.4 Å². The Kier molecular flexibility index (Phi) is 6.06. The predicted molar refractivity (Wildman–Crippen MR) is 112 cm³/mol. The second-order valence-electron chi connectivity index (χ2n) is 8.77. The molecule has 1 heterocycles. The Morgan fingerprint density at radius 2 is 2.18 bits per heavy atom. The van der Waals surface area contributed by atoms with E-state index in [-0.39, 0.29) is 17.8 Å². The summed E-state index contributed by atoms with van der Waals surface area (Å²) in [6.45, 7) is 8.94. The van der Waals surface area contributed by atoms with E-state index in [9.17, 15) is 4.79 Å². The number of rotatable bonds is 6. The topological polar surface area (TPSA) is 91.2 Å². The van der Waals surface area contributed by atoms with Gasteiger partial charge >= 0.3 is 5.97 Å². The van der Waals surface area contributed by atoms with Gasteiger partial charge in [0.05, 0.1) is 17.7 Å². The van der Waals surface area contributed by atoms with Gasteiger partial charge in [-0.1, -0.05) is 31.6 Å². The minimum absolute atomic E-state index is 0.141. The fraction of sp³-hybridized carbons (Fsp3) is 0.565. The van der Waals surface area contributed by atoms with Crippen molar-refractivity contribution in [2.75, 3.05) is 6.54 Å². The summed E-state index contributed by atoms with van der Waals surface area (Å²) in [5, 5.41) is 0. The average molecular weight is 384 g/mol. The van der Waals surface area contributed by atoms with Gasteiger partial charge in [0.1, 0.15) is 0 Å². The van der Waals surface area contributed by atoms with Crippen LogP contribution in [-0.4, -0.2) is 17.5 Å². The Hall–Kier alpha value is -1.98. The van der Waals surface area contributed by atoms with Crippen molar-refractivity contribution in [3.8, 4) is 5.88 Å². The Morgan fingerprint density at radius 3 is 2.82 bits per heavy atom. The molecule has 4 N–H and O–H groups in total. The molecule has 2 aliphatic carbocycles. The lowest BCUT2D eigenvalue weighted by Crippen LogP contribution is -2.47. The van der Waals surface area contributed by atoms with Gasteiger partial charge in [0.15, 0.2) is 0 Å². The third-order valence-corrected chi connectivity index (χ3v) is 5.92. The molecule has 152 valence electrons. The van der Waals surface area contributed by atoms with Crippen LogP contribution in [0.2, 0.25) is 0 Å². The van der Waals surface area contributed by atoms with Crippen molar-refractivity contribution in [3.63, 3.8) is 0 Å². The molecule has 5 heteroatoms. The number of nitrogens with two attached hydrogens (primary N) is 2. The van der Waals surface area contributed by atoms with E-state index < -0.39 is 5.54 Å². The number of esters is 1. The van der Waals surface area contributed by atoms with Crippen molar-refractivity contribution in [2.24, 2.45) is 29.2 Å². The number of carbonyl (C=O) groups is 1. The van der Waals surface area contributed by atoms with E-state index in [1.807, 2.05) is 6.07 Å². The number of aromatic nitrogens is 1. The van der Waals surface area contributed by atoms with Gasteiger partial charge in [-0.15, -0.1) is 0 Å². The van der Waals surface area contributed by atoms with Gasteiger partial charge in [-0.2, -0.15) is 0 Å². The highest BCUT2D eigenvalue weighted by Crippen LogP contribution is 2.48. The van der Waals surface area contributed by atoms with Crippen molar-refractivity contribution < 1.29 is 9.53 Å². The first-order valence-electron chi connectivity index (χ1n) is 10.3. The predicted octanol–water partition coefficient (Wildman–Crippen LogP) is 3.62. The SMILES string of the molecule is CC=C1C2C=C(C)CC1(N)c1ccc(OC(=O)C[C@@H](CN)CC(C)C)nc1C2. The molecule has 0 fully saturated rings.